The van der Waals surface area contributed by atoms with Crippen molar-refractivity contribution in [2.24, 2.45) is 5.73 Å². The van der Waals surface area contributed by atoms with Crippen LogP contribution in [-0.4, -0.2) is 49.8 Å². The second kappa shape index (κ2) is 9.94. The average Bonchev–Trinajstić information content (AvgIpc) is 3.53. The van der Waals surface area contributed by atoms with Crippen LogP contribution in [0.25, 0.3) is 17.0 Å². The molecule has 0 saturated heterocycles. The van der Waals surface area contributed by atoms with Crippen molar-refractivity contribution in [1.82, 2.24) is 24.7 Å². The van der Waals surface area contributed by atoms with Gasteiger partial charge in [-0.15, -0.1) is 5.10 Å². The molecule has 5 N–H and O–H groups in total. The Bertz CT molecular complexity index is 1370. The highest BCUT2D eigenvalue weighted by atomic mass is 16.5. The number of benzene rings is 1. The number of hydrogen-bond acceptors (Lipinski definition) is 9. The quantitative estimate of drug-likeness (QED) is 0.303. The van der Waals surface area contributed by atoms with Gasteiger partial charge in [-0.3, -0.25) is 4.79 Å². The Morgan fingerprint density at radius 1 is 1.19 bits per heavy atom. The molecule has 188 valence electrons. The number of amides is 1. The van der Waals surface area contributed by atoms with Gasteiger partial charge in [-0.25, -0.2) is 9.50 Å². The second-order valence-electron chi connectivity index (χ2n) is 9.47. The Morgan fingerprint density at radius 2 is 2.00 bits per heavy atom. The Labute approximate surface area is 208 Å². The number of anilines is 3. The van der Waals surface area contributed by atoms with E-state index in [9.17, 15) is 4.79 Å². The molecule has 11 nitrogen and oxygen atoms in total. The molecular formula is C25H31N9O2. The molecule has 0 aliphatic heterocycles. The van der Waals surface area contributed by atoms with E-state index in [1.54, 1.807) is 10.6 Å². The Kier molecular flexibility index (Phi) is 6.55. The van der Waals surface area contributed by atoms with Crippen molar-refractivity contribution in [2.75, 3.05) is 23.0 Å². The average molecular weight is 490 g/mol. The standard InChI is InChI=1S/C25H31N9O2/c1-14(2)25-31-22(33-36-25)15-5-4-6-18(11-15)30-24(35)20-13-28-23-19(27-3)12-21(32-34(20)23)29-17-9-7-16(26)8-10-17/h4-6,11-14,16-17,27H,7-10,26H2,1-3H3,(H,29,32)(H,30,35). The van der Waals surface area contributed by atoms with E-state index in [1.807, 2.05) is 45.2 Å². The van der Waals surface area contributed by atoms with Gasteiger partial charge in [0.05, 0.1) is 11.9 Å². The van der Waals surface area contributed by atoms with E-state index in [-0.39, 0.29) is 17.9 Å². The first-order chi connectivity index (χ1) is 17.4. The molecule has 1 aliphatic carbocycles. The predicted octanol–water partition coefficient (Wildman–Crippen LogP) is 3.88. The van der Waals surface area contributed by atoms with Gasteiger partial charge in [0.2, 0.25) is 11.7 Å². The van der Waals surface area contributed by atoms with E-state index in [2.05, 4.69) is 36.2 Å². The number of rotatable bonds is 7. The third kappa shape index (κ3) is 4.87. The minimum Gasteiger partial charge on any atom is -0.385 e. The van der Waals surface area contributed by atoms with Gasteiger partial charge in [0, 0.05) is 42.4 Å². The van der Waals surface area contributed by atoms with E-state index in [0.29, 0.717) is 40.6 Å². The van der Waals surface area contributed by atoms with Crippen LogP contribution in [0.15, 0.2) is 41.1 Å². The molecule has 0 atom stereocenters. The first kappa shape index (κ1) is 23.7. The van der Waals surface area contributed by atoms with Gasteiger partial charge < -0.3 is 26.2 Å². The van der Waals surface area contributed by atoms with Crippen molar-refractivity contribution in [2.45, 2.75) is 57.5 Å². The lowest BCUT2D eigenvalue weighted by atomic mass is 9.92. The van der Waals surface area contributed by atoms with E-state index < -0.39 is 0 Å². The van der Waals surface area contributed by atoms with E-state index in [4.69, 9.17) is 10.3 Å². The summed E-state index contributed by atoms with van der Waals surface area (Å²) in [6, 6.07) is 9.80. The minimum atomic E-state index is -0.328. The lowest BCUT2D eigenvalue weighted by Gasteiger charge is -2.27. The van der Waals surface area contributed by atoms with E-state index >= 15 is 0 Å². The largest absolute Gasteiger partial charge is 0.385 e. The lowest BCUT2D eigenvalue weighted by Crippen LogP contribution is -2.33. The number of aromatic nitrogens is 5. The van der Waals surface area contributed by atoms with Gasteiger partial charge in [-0.2, -0.15) is 4.98 Å². The summed E-state index contributed by atoms with van der Waals surface area (Å²) < 4.78 is 6.88. The van der Waals surface area contributed by atoms with Gasteiger partial charge in [0.1, 0.15) is 5.82 Å². The Balaban J connectivity index is 1.38. The van der Waals surface area contributed by atoms with Crippen molar-refractivity contribution < 1.29 is 9.32 Å². The Hall–Kier alpha value is -3.99. The molecule has 4 aromatic rings. The molecule has 36 heavy (non-hydrogen) atoms. The normalized spacial score (nSPS) is 17.9. The number of nitrogens with zero attached hydrogens (tertiary/aromatic N) is 5. The molecule has 0 unspecified atom stereocenters. The molecule has 3 heterocycles. The molecule has 11 heteroatoms. The highest BCUT2D eigenvalue weighted by molar-refractivity contribution is 6.04. The van der Waals surface area contributed by atoms with Crippen LogP contribution in [0.5, 0.6) is 0 Å². The van der Waals surface area contributed by atoms with Gasteiger partial charge in [0.15, 0.2) is 11.3 Å². The molecule has 0 spiro atoms. The monoisotopic (exact) mass is 489 g/mol. The van der Waals surface area contributed by atoms with Gasteiger partial charge in [-0.1, -0.05) is 31.1 Å². The topological polar surface area (TPSA) is 148 Å². The zero-order valence-electron chi connectivity index (χ0n) is 20.7. The number of imidazole rings is 1. The first-order valence-electron chi connectivity index (χ1n) is 12.3. The lowest BCUT2D eigenvalue weighted by molar-refractivity contribution is 0.102. The van der Waals surface area contributed by atoms with E-state index in [1.165, 1.54) is 6.20 Å². The van der Waals surface area contributed by atoms with Crippen LogP contribution in [0.4, 0.5) is 17.2 Å². The second-order valence-corrected chi connectivity index (χ2v) is 9.47. The van der Waals surface area contributed by atoms with Crippen LogP contribution in [0.2, 0.25) is 0 Å². The van der Waals surface area contributed by atoms with Crippen molar-refractivity contribution in [1.29, 1.82) is 0 Å². The van der Waals surface area contributed by atoms with Crippen LogP contribution < -0.4 is 21.7 Å². The van der Waals surface area contributed by atoms with Crippen molar-refractivity contribution in [3.8, 4) is 11.4 Å². The fourth-order valence-electron chi connectivity index (χ4n) is 4.37. The summed E-state index contributed by atoms with van der Waals surface area (Å²) in [5, 5.41) is 18.3. The Morgan fingerprint density at radius 3 is 2.72 bits per heavy atom. The maximum Gasteiger partial charge on any atom is 0.276 e. The predicted molar refractivity (Wildman–Crippen MR) is 138 cm³/mol. The number of nitrogens with two attached hydrogens (primary N) is 1. The van der Waals surface area contributed by atoms with Crippen molar-refractivity contribution >= 4 is 28.7 Å². The zero-order chi connectivity index (χ0) is 25.2. The molecule has 0 bridgehead atoms. The van der Waals surface area contributed by atoms with Crippen molar-refractivity contribution in [3.05, 3.63) is 48.1 Å². The molecule has 3 aromatic heterocycles. The smallest absolute Gasteiger partial charge is 0.276 e. The molecule has 1 aliphatic rings. The maximum atomic E-state index is 13.3. The number of hydrogen-bond donors (Lipinski definition) is 4. The molecular weight excluding hydrogens is 458 g/mol. The summed E-state index contributed by atoms with van der Waals surface area (Å²) in [7, 11) is 1.82. The third-order valence-corrected chi connectivity index (χ3v) is 6.41. The number of carbonyl (C=O) groups excluding carboxylic acids is 1. The molecule has 1 saturated carbocycles. The van der Waals surface area contributed by atoms with Crippen LogP contribution in [0.1, 0.15) is 61.8 Å². The highest BCUT2D eigenvalue weighted by Gasteiger charge is 2.21. The first-order valence-corrected chi connectivity index (χ1v) is 12.3. The summed E-state index contributed by atoms with van der Waals surface area (Å²) in [5.41, 5.74) is 9.06. The summed E-state index contributed by atoms with van der Waals surface area (Å²) in [6.07, 6.45) is 5.48. The van der Waals surface area contributed by atoms with Gasteiger partial charge >= 0.3 is 0 Å². The number of fused-ring (bicyclic) bond motifs is 1. The summed E-state index contributed by atoms with van der Waals surface area (Å²) in [4.78, 5) is 22.1. The molecule has 5 rings (SSSR count). The molecule has 1 amide bonds. The van der Waals surface area contributed by atoms with Crippen LogP contribution in [-0.2, 0) is 0 Å². The van der Waals surface area contributed by atoms with Crippen LogP contribution >= 0.6 is 0 Å². The SMILES string of the molecule is CNc1cc(NC2CCC(N)CC2)nn2c(C(=O)Nc3cccc(-c4noc(C(C)C)n4)c3)cnc12. The third-order valence-electron chi connectivity index (χ3n) is 6.41. The summed E-state index contributed by atoms with van der Waals surface area (Å²) in [6.45, 7) is 3.98. The molecule has 1 aromatic carbocycles. The van der Waals surface area contributed by atoms with Gasteiger partial charge in [0.25, 0.3) is 5.91 Å². The fraction of sp³-hybridized carbons (Fsp3) is 0.400. The van der Waals surface area contributed by atoms with Crippen LogP contribution in [0, 0.1) is 0 Å². The highest BCUT2D eigenvalue weighted by Crippen LogP contribution is 2.26. The van der Waals surface area contributed by atoms with E-state index in [0.717, 1.165) is 36.9 Å². The molecule has 1 fully saturated rings. The molecule has 0 radical (unpaired) electrons. The summed E-state index contributed by atoms with van der Waals surface area (Å²) >= 11 is 0. The van der Waals surface area contributed by atoms with Crippen molar-refractivity contribution in [3.63, 3.8) is 0 Å². The maximum absolute atomic E-state index is 13.3. The minimum absolute atomic E-state index is 0.134. The van der Waals surface area contributed by atoms with Crippen LogP contribution in [0.3, 0.4) is 0 Å². The fourth-order valence-corrected chi connectivity index (χ4v) is 4.37. The summed E-state index contributed by atoms with van der Waals surface area (Å²) in [5.74, 6) is 1.53. The van der Waals surface area contributed by atoms with Gasteiger partial charge in [-0.05, 0) is 37.8 Å². The number of carbonyl (C=O) groups is 1. The zero-order valence-corrected chi connectivity index (χ0v) is 20.7. The number of nitrogens with one attached hydrogen (secondary N) is 3.